The molecule has 0 rings (SSSR count). The quantitative estimate of drug-likeness (QED) is 0.691. The molecule has 0 nitrogen and oxygen atoms in total. The van der Waals surface area contributed by atoms with E-state index in [1.54, 1.807) is 0 Å². The Bertz CT molecular complexity index is 53.5. The molecule has 0 aliphatic carbocycles. The summed E-state index contributed by atoms with van der Waals surface area (Å²) < 4.78 is 1.64. The van der Waals surface area contributed by atoms with E-state index in [0.29, 0.717) is 0 Å². The first-order valence-corrected chi connectivity index (χ1v) is 11.2. The summed E-state index contributed by atoms with van der Waals surface area (Å²) in [6.07, 6.45) is 0. The van der Waals surface area contributed by atoms with Gasteiger partial charge in [0.1, 0.15) is 0 Å². The van der Waals surface area contributed by atoms with Gasteiger partial charge in [0.15, 0.2) is 0 Å². The van der Waals surface area contributed by atoms with Crippen LogP contribution in [0.15, 0.2) is 0 Å². The number of hydrogen-bond donors (Lipinski definition) is 0. The number of hydrogen-bond acceptors (Lipinski definition) is 0. The summed E-state index contributed by atoms with van der Waals surface area (Å²) >= 11 is -1.50. The molecule has 48 valence electrons. The van der Waals surface area contributed by atoms with Crippen molar-refractivity contribution in [3.63, 3.8) is 0 Å². The average Bonchev–Trinajstić information content (AvgIpc) is 1.64. The van der Waals surface area contributed by atoms with Crippen molar-refractivity contribution < 1.29 is 0 Å². The Morgan fingerprint density at radius 3 is 1.25 bits per heavy atom. The SMILES string of the molecule is C[CH](C)[In]([Cl])[CH](C)C. The molecule has 0 unspecified atom stereocenters. The van der Waals surface area contributed by atoms with Crippen LogP contribution < -0.4 is 0 Å². The van der Waals surface area contributed by atoms with Crippen molar-refractivity contribution in [2.75, 3.05) is 0 Å². The van der Waals surface area contributed by atoms with Crippen molar-refractivity contribution in [1.29, 1.82) is 0 Å². The summed E-state index contributed by atoms with van der Waals surface area (Å²) in [6.45, 7) is 8.98. The molecule has 0 N–H and O–H groups in total. The number of halogens is 1. The van der Waals surface area contributed by atoms with Crippen LogP contribution in [0, 0.1) is 0 Å². The molecule has 0 saturated carbocycles. The number of rotatable bonds is 2. The zero-order chi connectivity index (χ0) is 6.73. The first kappa shape index (κ1) is 9.16. The molecule has 0 atom stereocenters. The monoisotopic (exact) mass is 236 g/mol. The van der Waals surface area contributed by atoms with E-state index in [1.807, 2.05) is 0 Å². The Labute approximate surface area is 63.7 Å². The summed E-state index contributed by atoms with van der Waals surface area (Å²) in [7, 11) is 6.16. The van der Waals surface area contributed by atoms with Gasteiger partial charge in [-0.15, -0.1) is 0 Å². The molecule has 0 aromatic heterocycles. The summed E-state index contributed by atoms with van der Waals surface area (Å²) in [5.74, 6) is 0. The Hall–Kier alpha value is 1.16. The summed E-state index contributed by atoms with van der Waals surface area (Å²) in [4.78, 5) is 0. The van der Waals surface area contributed by atoms with Gasteiger partial charge in [-0.3, -0.25) is 0 Å². The van der Waals surface area contributed by atoms with E-state index < -0.39 is 20.3 Å². The minimum atomic E-state index is -1.50. The van der Waals surface area contributed by atoms with Crippen LogP contribution >= 0.6 is 8.58 Å². The third-order valence-electron chi connectivity index (χ3n) is 1.27. The predicted molar refractivity (Wildman–Crippen MR) is 41.8 cm³/mol. The molecule has 8 heavy (non-hydrogen) atoms. The van der Waals surface area contributed by atoms with Crippen LogP contribution in [0.5, 0.6) is 0 Å². The zero-order valence-electron chi connectivity index (χ0n) is 6.11. The van der Waals surface area contributed by atoms with Gasteiger partial charge in [-0.2, -0.15) is 0 Å². The van der Waals surface area contributed by atoms with Gasteiger partial charge in [0, 0.05) is 0 Å². The Kier molecular flexibility index (Phi) is 4.64. The first-order chi connectivity index (χ1) is 3.55. The van der Waals surface area contributed by atoms with E-state index in [4.69, 9.17) is 8.58 Å². The van der Waals surface area contributed by atoms with Gasteiger partial charge in [-0.1, -0.05) is 0 Å². The maximum atomic E-state index is 6.16. The van der Waals surface area contributed by atoms with Gasteiger partial charge in [0.05, 0.1) is 0 Å². The molecule has 0 spiro atoms. The van der Waals surface area contributed by atoms with Crippen LogP contribution in [0.4, 0.5) is 0 Å². The zero-order valence-corrected chi connectivity index (χ0v) is 10.2. The maximum absolute atomic E-state index is 6.16. The van der Waals surface area contributed by atoms with Crippen LogP contribution in [-0.2, 0) is 0 Å². The normalized spacial score (nSPS) is 10.9. The van der Waals surface area contributed by atoms with Crippen molar-refractivity contribution in [1.82, 2.24) is 0 Å². The summed E-state index contributed by atoms with van der Waals surface area (Å²) in [5.41, 5.74) is 0. The molecular formula is C6H14ClIn. The molecule has 0 heterocycles. The molecule has 0 fully saturated rings. The molecule has 0 radical (unpaired) electrons. The van der Waals surface area contributed by atoms with Gasteiger partial charge in [-0.25, -0.2) is 0 Å². The van der Waals surface area contributed by atoms with E-state index in [0.717, 1.165) is 7.35 Å². The summed E-state index contributed by atoms with van der Waals surface area (Å²) in [5, 5.41) is 0. The Balaban J connectivity index is 3.46. The summed E-state index contributed by atoms with van der Waals surface area (Å²) in [6, 6.07) is 0. The van der Waals surface area contributed by atoms with E-state index in [-0.39, 0.29) is 0 Å². The first-order valence-electron chi connectivity index (χ1n) is 3.19. The third-order valence-corrected chi connectivity index (χ3v) is 15.3. The fourth-order valence-electron chi connectivity index (χ4n) is 0.770. The van der Waals surface area contributed by atoms with Crippen LogP contribution in [0.3, 0.4) is 0 Å². The van der Waals surface area contributed by atoms with E-state index >= 15 is 0 Å². The molecule has 0 bridgehead atoms. The molecular weight excluding hydrogens is 222 g/mol. The second-order valence-corrected chi connectivity index (χ2v) is 16.5. The Morgan fingerprint density at radius 1 is 1.00 bits per heavy atom. The van der Waals surface area contributed by atoms with Gasteiger partial charge in [0.2, 0.25) is 0 Å². The van der Waals surface area contributed by atoms with Crippen molar-refractivity contribution >= 4 is 28.8 Å². The van der Waals surface area contributed by atoms with E-state index in [9.17, 15) is 0 Å². The molecule has 0 aliphatic heterocycles. The van der Waals surface area contributed by atoms with E-state index in [2.05, 4.69) is 27.7 Å². The second kappa shape index (κ2) is 4.05. The van der Waals surface area contributed by atoms with Crippen molar-refractivity contribution in [2.45, 2.75) is 35.0 Å². The van der Waals surface area contributed by atoms with Crippen LogP contribution in [0.1, 0.15) is 27.7 Å². The van der Waals surface area contributed by atoms with Gasteiger partial charge >= 0.3 is 63.9 Å². The van der Waals surface area contributed by atoms with Crippen LogP contribution in [-0.4, -0.2) is 20.3 Å². The van der Waals surface area contributed by atoms with Gasteiger partial charge in [0.25, 0.3) is 0 Å². The second-order valence-electron chi connectivity index (χ2n) is 2.93. The molecule has 0 aromatic carbocycles. The molecule has 0 saturated heterocycles. The van der Waals surface area contributed by atoms with Crippen LogP contribution in [0.25, 0.3) is 0 Å². The van der Waals surface area contributed by atoms with E-state index in [1.165, 1.54) is 0 Å². The topological polar surface area (TPSA) is 0 Å². The minimum absolute atomic E-state index is 0.818. The van der Waals surface area contributed by atoms with Gasteiger partial charge < -0.3 is 0 Å². The Morgan fingerprint density at radius 2 is 1.25 bits per heavy atom. The fourth-order valence-corrected chi connectivity index (χ4v) is 5.16. The molecule has 0 aromatic rings. The molecule has 2 heteroatoms. The van der Waals surface area contributed by atoms with Crippen molar-refractivity contribution in [3.8, 4) is 0 Å². The standard InChI is InChI=1S/2C3H7.ClH.In/c2*1-3-2;;/h2*3H,1-2H3;1H;/q;;;+1/p-1. The average molecular weight is 236 g/mol. The van der Waals surface area contributed by atoms with Crippen molar-refractivity contribution in [3.05, 3.63) is 0 Å². The van der Waals surface area contributed by atoms with Gasteiger partial charge in [-0.05, 0) is 0 Å². The third kappa shape index (κ3) is 3.24. The molecule has 0 amide bonds. The molecule has 0 aliphatic rings. The fraction of sp³-hybridized carbons (Fsp3) is 1.00. The predicted octanol–water partition coefficient (Wildman–Crippen LogP) is 3.04. The van der Waals surface area contributed by atoms with Crippen molar-refractivity contribution in [2.24, 2.45) is 0 Å². The van der Waals surface area contributed by atoms with Crippen LogP contribution in [0.2, 0.25) is 7.35 Å².